The number of nitrogens with one attached hydrogen (secondary N) is 2. The summed E-state index contributed by atoms with van der Waals surface area (Å²) in [7, 11) is 0. The van der Waals surface area contributed by atoms with Gasteiger partial charge in [0.05, 0.1) is 0 Å². The van der Waals surface area contributed by atoms with Crippen molar-refractivity contribution in [2.24, 2.45) is 0 Å². The molecule has 1 unspecified atom stereocenters. The van der Waals surface area contributed by atoms with Crippen LogP contribution in [0.5, 0.6) is 0 Å². The summed E-state index contributed by atoms with van der Waals surface area (Å²) in [5, 5.41) is 7.17. The molecule has 1 heterocycles. The van der Waals surface area contributed by atoms with Crippen LogP contribution in [0.4, 0.5) is 0 Å². The Labute approximate surface area is 99.0 Å². The van der Waals surface area contributed by atoms with E-state index in [0.717, 1.165) is 19.1 Å². The van der Waals surface area contributed by atoms with Crippen LogP contribution in [0.25, 0.3) is 0 Å². The average molecular weight is 230 g/mol. The van der Waals surface area contributed by atoms with Crippen LogP contribution in [0.1, 0.15) is 39.5 Å². The summed E-state index contributed by atoms with van der Waals surface area (Å²) in [4.78, 5) is 0. The summed E-state index contributed by atoms with van der Waals surface area (Å²) >= 11 is 2.02. The maximum atomic E-state index is 3.64. The van der Waals surface area contributed by atoms with Crippen LogP contribution in [0.3, 0.4) is 0 Å². The van der Waals surface area contributed by atoms with Crippen LogP contribution >= 0.6 is 11.8 Å². The van der Waals surface area contributed by atoms with Gasteiger partial charge in [0.15, 0.2) is 0 Å². The molecule has 2 nitrogen and oxygen atoms in total. The van der Waals surface area contributed by atoms with Crippen molar-refractivity contribution < 1.29 is 0 Å². The number of hydrogen-bond acceptors (Lipinski definition) is 3. The molecule has 0 amide bonds. The first kappa shape index (κ1) is 13.3. The van der Waals surface area contributed by atoms with E-state index in [-0.39, 0.29) is 0 Å². The molecule has 0 spiro atoms. The number of rotatable bonds is 7. The molecule has 1 atom stereocenters. The van der Waals surface area contributed by atoms with Crippen molar-refractivity contribution in [3.8, 4) is 0 Å². The molecule has 0 aliphatic carbocycles. The molecule has 0 aromatic rings. The van der Waals surface area contributed by atoms with Gasteiger partial charge in [0.25, 0.3) is 0 Å². The zero-order chi connectivity index (χ0) is 11.1. The second kappa shape index (κ2) is 6.77. The monoisotopic (exact) mass is 230 g/mol. The van der Waals surface area contributed by atoms with Crippen molar-refractivity contribution in [3.05, 3.63) is 0 Å². The van der Waals surface area contributed by atoms with Gasteiger partial charge in [-0.2, -0.15) is 11.8 Å². The van der Waals surface area contributed by atoms with E-state index in [2.05, 4.69) is 30.7 Å². The first-order chi connectivity index (χ1) is 7.26. The lowest BCUT2D eigenvalue weighted by Crippen LogP contribution is -2.42. The van der Waals surface area contributed by atoms with Gasteiger partial charge in [-0.25, -0.2) is 0 Å². The van der Waals surface area contributed by atoms with Crippen molar-refractivity contribution in [1.29, 1.82) is 0 Å². The van der Waals surface area contributed by atoms with E-state index in [1.165, 1.54) is 32.2 Å². The Morgan fingerprint density at radius 1 is 1.40 bits per heavy atom. The fourth-order valence-electron chi connectivity index (χ4n) is 2.27. The van der Waals surface area contributed by atoms with E-state index >= 15 is 0 Å². The van der Waals surface area contributed by atoms with Gasteiger partial charge in [0.1, 0.15) is 0 Å². The average Bonchev–Trinajstić information content (AvgIpc) is 2.78. The van der Waals surface area contributed by atoms with Gasteiger partial charge >= 0.3 is 0 Å². The van der Waals surface area contributed by atoms with Gasteiger partial charge in [-0.05, 0) is 38.5 Å². The van der Waals surface area contributed by atoms with E-state index in [1.807, 2.05) is 11.8 Å². The van der Waals surface area contributed by atoms with Gasteiger partial charge in [0.2, 0.25) is 0 Å². The second-order valence-electron chi connectivity index (χ2n) is 4.52. The molecule has 3 heteroatoms. The minimum absolute atomic E-state index is 0.457. The SMILES string of the molecule is CCC(CC)(CNCC1CCCN1)SC. The molecule has 2 N–H and O–H groups in total. The lowest BCUT2D eigenvalue weighted by Gasteiger charge is -2.30. The molecule has 0 aromatic carbocycles. The molecule has 1 fully saturated rings. The Morgan fingerprint density at radius 2 is 2.13 bits per heavy atom. The smallest absolute Gasteiger partial charge is 0.0276 e. The van der Waals surface area contributed by atoms with Crippen molar-refractivity contribution in [1.82, 2.24) is 10.6 Å². The van der Waals surface area contributed by atoms with Crippen LogP contribution in [0.2, 0.25) is 0 Å². The lowest BCUT2D eigenvalue weighted by atomic mass is 10.0. The van der Waals surface area contributed by atoms with E-state index in [4.69, 9.17) is 0 Å². The van der Waals surface area contributed by atoms with Crippen LogP contribution in [0.15, 0.2) is 0 Å². The van der Waals surface area contributed by atoms with Gasteiger partial charge < -0.3 is 10.6 Å². The Balaban J connectivity index is 2.21. The standard InChI is InChI=1S/C12H26N2S/c1-4-12(5-2,15-3)10-13-9-11-7-6-8-14-11/h11,13-14H,4-10H2,1-3H3. The molecule has 1 aliphatic heterocycles. The predicted octanol–water partition coefficient (Wildman–Crippen LogP) is 2.25. The summed E-state index contributed by atoms with van der Waals surface area (Å²) in [5.74, 6) is 0. The van der Waals surface area contributed by atoms with Crippen LogP contribution in [-0.4, -0.2) is 36.7 Å². The summed E-state index contributed by atoms with van der Waals surface area (Å²) in [6.45, 7) is 8.11. The van der Waals surface area contributed by atoms with Crippen molar-refractivity contribution in [2.45, 2.75) is 50.3 Å². The third-order valence-electron chi connectivity index (χ3n) is 3.72. The molecule has 0 aromatic heterocycles. The van der Waals surface area contributed by atoms with Crippen LogP contribution in [-0.2, 0) is 0 Å². The van der Waals surface area contributed by atoms with Crippen molar-refractivity contribution in [2.75, 3.05) is 25.9 Å². The summed E-state index contributed by atoms with van der Waals surface area (Å²) in [5.41, 5.74) is 0. The van der Waals surface area contributed by atoms with E-state index < -0.39 is 0 Å². The first-order valence-corrected chi connectivity index (χ1v) is 7.48. The predicted molar refractivity (Wildman–Crippen MR) is 70.7 cm³/mol. The highest BCUT2D eigenvalue weighted by molar-refractivity contribution is 8.00. The van der Waals surface area contributed by atoms with Gasteiger partial charge in [-0.3, -0.25) is 0 Å². The minimum atomic E-state index is 0.457. The summed E-state index contributed by atoms with van der Waals surface area (Å²) in [6, 6.07) is 0.721. The highest BCUT2D eigenvalue weighted by Gasteiger charge is 2.24. The second-order valence-corrected chi connectivity index (χ2v) is 5.79. The Morgan fingerprint density at radius 3 is 2.60 bits per heavy atom. The largest absolute Gasteiger partial charge is 0.314 e. The molecular weight excluding hydrogens is 204 g/mol. The third kappa shape index (κ3) is 3.97. The fraction of sp³-hybridized carbons (Fsp3) is 1.00. The molecule has 0 bridgehead atoms. The molecule has 0 saturated carbocycles. The van der Waals surface area contributed by atoms with Crippen molar-refractivity contribution >= 4 is 11.8 Å². The third-order valence-corrected chi connectivity index (χ3v) is 5.31. The summed E-state index contributed by atoms with van der Waals surface area (Å²) in [6.07, 6.45) is 7.45. The molecule has 1 rings (SSSR count). The lowest BCUT2D eigenvalue weighted by molar-refractivity contribution is 0.463. The zero-order valence-corrected chi connectivity index (χ0v) is 11.3. The minimum Gasteiger partial charge on any atom is -0.314 e. The first-order valence-electron chi connectivity index (χ1n) is 6.25. The maximum Gasteiger partial charge on any atom is 0.0276 e. The highest BCUT2D eigenvalue weighted by Crippen LogP contribution is 2.29. The molecule has 0 radical (unpaired) electrons. The van der Waals surface area contributed by atoms with Gasteiger partial charge in [-0.15, -0.1) is 0 Å². The number of hydrogen-bond donors (Lipinski definition) is 2. The van der Waals surface area contributed by atoms with E-state index in [0.29, 0.717) is 4.75 Å². The quantitative estimate of drug-likeness (QED) is 0.701. The molecule has 90 valence electrons. The fourth-order valence-corrected chi connectivity index (χ4v) is 3.09. The van der Waals surface area contributed by atoms with E-state index in [9.17, 15) is 0 Å². The molecule has 1 aliphatic rings. The van der Waals surface area contributed by atoms with Gasteiger partial charge in [-0.1, -0.05) is 13.8 Å². The van der Waals surface area contributed by atoms with Crippen molar-refractivity contribution in [3.63, 3.8) is 0 Å². The van der Waals surface area contributed by atoms with Crippen LogP contribution in [0, 0.1) is 0 Å². The molecular formula is C12H26N2S. The highest BCUT2D eigenvalue weighted by atomic mass is 32.2. The Hall–Kier alpha value is 0.270. The molecule has 1 saturated heterocycles. The summed E-state index contributed by atoms with van der Waals surface area (Å²) < 4.78 is 0.457. The zero-order valence-electron chi connectivity index (χ0n) is 10.4. The number of thioether (sulfide) groups is 1. The Bertz CT molecular complexity index is 155. The van der Waals surface area contributed by atoms with Gasteiger partial charge in [0, 0.05) is 23.9 Å². The van der Waals surface area contributed by atoms with E-state index in [1.54, 1.807) is 0 Å². The molecule has 15 heavy (non-hydrogen) atoms. The normalized spacial score (nSPS) is 22.2. The topological polar surface area (TPSA) is 24.1 Å². The Kier molecular flexibility index (Phi) is 6.02. The van der Waals surface area contributed by atoms with Crippen LogP contribution < -0.4 is 10.6 Å². The maximum absolute atomic E-state index is 3.64.